The third kappa shape index (κ3) is 7.00. The highest BCUT2D eigenvalue weighted by Crippen LogP contribution is 2.37. The van der Waals surface area contributed by atoms with Crippen LogP contribution in [0.4, 0.5) is 10.5 Å². The molecule has 0 aromatic heterocycles. The van der Waals surface area contributed by atoms with Gasteiger partial charge in [0.2, 0.25) is 5.91 Å². The van der Waals surface area contributed by atoms with E-state index in [9.17, 15) is 19.2 Å². The van der Waals surface area contributed by atoms with Gasteiger partial charge in [0, 0.05) is 5.69 Å². The normalized spacial score (nSPS) is 14.2. The number of anilines is 1. The van der Waals surface area contributed by atoms with Crippen molar-refractivity contribution in [1.82, 2.24) is 4.90 Å². The Balaban J connectivity index is 1.74. The minimum absolute atomic E-state index is 0.182. The minimum atomic E-state index is -0.555. The Hall–Kier alpha value is -3.06. The van der Waals surface area contributed by atoms with Crippen LogP contribution in [0.1, 0.15) is 25.0 Å². The zero-order valence-electron chi connectivity index (χ0n) is 20.0. The van der Waals surface area contributed by atoms with Crippen LogP contribution in [-0.4, -0.2) is 54.8 Å². The molecule has 3 rings (SSSR count). The number of nitrogens with zero attached hydrogens (tertiary/aromatic N) is 1. The molecular weight excluding hydrogens is 599 g/mol. The summed E-state index contributed by atoms with van der Waals surface area (Å²) in [6.07, 6.45) is 2.44. The van der Waals surface area contributed by atoms with Crippen molar-refractivity contribution in [1.29, 1.82) is 0 Å². The number of carbonyl (C=O) groups is 4. The second-order valence-corrected chi connectivity index (χ2v) is 9.65. The maximum Gasteiger partial charge on any atom is 0.343 e. The Labute approximate surface area is 226 Å². The molecule has 0 unspecified atom stereocenters. The van der Waals surface area contributed by atoms with Gasteiger partial charge in [0.05, 0.1) is 22.2 Å². The average Bonchev–Trinajstić information content (AvgIpc) is 3.11. The first-order valence-electron chi connectivity index (χ1n) is 11.1. The summed E-state index contributed by atoms with van der Waals surface area (Å²) in [7, 11) is 1.27. The molecule has 1 aliphatic rings. The number of hydrogen-bond acceptors (Lipinski definition) is 8. The summed E-state index contributed by atoms with van der Waals surface area (Å²) >= 11 is 2.79. The summed E-state index contributed by atoms with van der Waals surface area (Å²) < 4.78 is 16.4. The Morgan fingerprint density at radius 3 is 2.47 bits per heavy atom. The molecule has 0 atom stereocenters. The largest absolute Gasteiger partial charge is 0.490 e. The van der Waals surface area contributed by atoms with E-state index in [4.69, 9.17) is 9.47 Å². The average molecular weight is 624 g/mol. The van der Waals surface area contributed by atoms with Gasteiger partial charge in [-0.1, -0.05) is 19.1 Å². The number of benzene rings is 2. The molecule has 1 fully saturated rings. The maximum absolute atomic E-state index is 12.9. The molecule has 2 aromatic carbocycles. The number of aryl methyl sites for hydroxylation is 1. The monoisotopic (exact) mass is 624 g/mol. The molecule has 1 aliphatic heterocycles. The molecular formula is C25H25IN2O7S. The number of carbonyl (C=O) groups excluding carboxylic acids is 4. The molecule has 11 heteroatoms. The lowest BCUT2D eigenvalue weighted by atomic mass is 10.1. The van der Waals surface area contributed by atoms with Crippen LogP contribution in [0, 0.1) is 3.57 Å². The van der Waals surface area contributed by atoms with E-state index < -0.39 is 23.0 Å². The van der Waals surface area contributed by atoms with E-state index in [2.05, 4.69) is 10.1 Å². The third-order valence-electron chi connectivity index (χ3n) is 5.01. The second-order valence-electron chi connectivity index (χ2n) is 7.49. The van der Waals surface area contributed by atoms with Gasteiger partial charge in [-0.15, -0.1) is 0 Å². The lowest BCUT2D eigenvalue weighted by molar-refractivity contribution is -0.143. The van der Waals surface area contributed by atoms with Gasteiger partial charge >= 0.3 is 5.97 Å². The van der Waals surface area contributed by atoms with Gasteiger partial charge in [0.25, 0.3) is 11.1 Å². The molecule has 0 spiro atoms. The molecule has 36 heavy (non-hydrogen) atoms. The predicted octanol–water partition coefficient (Wildman–Crippen LogP) is 4.48. The van der Waals surface area contributed by atoms with E-state index in [-0.39, 0.29) is 18.1 Å². The van der Waals surface area contributed by atoms with E-state index in [0.29, 0.717) is 32.9 Å². The highest BCUT2D eigenvalue weighted by atomic mass is 127. The van der Waals surface area contributed by atoms with Crippen LogP contribution in [0.25, 0.3) is 6.08 Å². The SMILES string of the molecule is CCOc1cc(/C=C2/SC(=O)N(CC(=O)Nc3ccc(CC)cc3)C2=O)cc(I)c1OCC(=O)OC. The summed E-state index contributed by atoms with van der Waals surface area (Å²) in [6, 6.07) is 10.8. The summed E-state index contributed by atoms with van der Waals surface area (Å²) in [6.45, 7) is 3.51. The van der Waals surface area contributed by atoms with Crippen LogP contribution >= 0.6 is 34.4 Å². The molecule has 3 amide bonds. The number of imide groups is 1. The highest BCUT2D eigenvalue weighted by molar-refractivity contribution is 14.1. The molecule has 1 saturated heterocycles. The van der Waals surface area contributed by atoms with Gasteiger partial charge in [-0.05, 0) is 89.2 Å². The number of nitrogens with one attached hydrogen (secondary N) is 1. The number of hydrogen-bond donors (Lipinski definition) is 1. The Kier molecular flexibility index (Phi) is 9.76. The molecule has 1 N–H and O–H groups in total. The standard InChI is InChI=1S/C25H25IN2O7S/c1-4-15-6-8-17(9-7-15)27-21(29)13-28-24(31)20(36-25(28)32)12-16-10-18(26)23(19(11-16)34-5-2)35-14-22(30)33-3/h6-12H,4-5,13-14H2,1-3H3,(H,27,29)/b20-12+. The molecule has 0 saturated carbocycles. The molecule has 0 aliphatic carbocycles. The molecule has 0 radical (unpaired) electrons. The van der Waals surface area contributed by atoms with Crippen LogP contribution in [0.2, 0.25) is 0 Å². The third-order valence-corrected chi connectivity index (χ3v) is 6.72. The maximum atomic E-state index is 12.9. The van der Waals surface area contributed by atoms with E-state index in [1.165, 1.54) is 7.11 Å². The first kappa shape index (κ1) is 27.5. The number of thioether (sulfide) groups is 1. The van der Waals surface area contributed by atoms with Crippen LogP contribution in [-0.2, 0) is 25.5 Å². The van der Waals surface area contributed by atoms with Crippen molar-refractivity contribution in [3.05, 3.63) is 56.0 Å². The lowest BCUT2D eigenvalue weighted by Crippen LogP contribution is -2.36. The van der Waals surface area contributed by atoms with Crippen LogP contribution in [0.3, 0.4) is 0 Å². The number of esters is 1. The van der Waals surface area contributed by atoms with Gasteiger partial charge in [-0.2, -0.15) is 0 Å². The minimum Gasteiger partial charge on any atom is -0.490 e. The van der Waals surface area contributed by atoms with Crippen LogP contribution in [0.5, 0.6) is 11.5 Å². The van der Waals surface area contributed by atoms with Crippen molar-refractivity contribution in [2.75, 3.05) is 32.2 Å². The Morgan fingerprint density at radius 1 is 1.11 bits per heavy atom. The van der Waals surface area contributed by atoms with Crippen molar-refractivity contribution in [3.63, 3.8) is 0 Å². The number of methoxy groups -OCH3 is 1. The summed E-state index contributed by atoms with van der Waals surface area (Å²) in [4.78, 5) is 50.4. The van der Waals surface area contributed by atoms with Gasteiger partial charge in [0.15, 0.2) is 18.1 Å². The van der Waals surface area contributed by atoms with Gasteiger partial charge in [-0.3, -0.25) is 19.3 Å². The van der Waals surface area contributed by atoms with Crippen molar-refractivity contribution in [2.24, 2.45) is 0 Å². The first-order valence-corrected chi connectivity index (χ1v) is 12.9. The number of amides is 3. The zero-order chi connectivity index (χ0) is 26.2. The molecule has 9 nitrogen and oxygen atoms in total. The Morgan fingerprint density at radius 2 is 1.83 bits per heavy atom. The second kappa shape index (κ2) is 12.8. The lowest BCUT2D eigenvalue weighted by Gasteiger charge is -2.14. The van der Waals surface area contributed by atoms with Gasteiger partial charge < -0.3 is 19.5 Å². The quantitative estimate of drug-likeness (QED) is 0.234. The van der Waals surface area contributed by atoms with E-state index in [1.54, 1.807) is 37.3 Å². The number of rotatable bonds is 10. The number of halogens is 1. The van der Waals surface area contributed by atoms with Crippen molar-refractivity contribution in [3.8, 4) is 11.5 Å². The van der Waals surface area contributed by atoms with Crippen LogP contribution in [0.15, 0.2) is 41.3 Å². The van der Waals surface area contributed by atoms with Crippen molar-refractivity contribution < 1.29 is 33.4 Å². The van der Waals surface area contributed by atoms with E-state index in [1.807, 2.05) is 41.6 Å². The summed E-state index contributed by atoms with van der Waals surface area (Å²) in [5.74, 6) is -0.805. The fourth-order valence-electron chi connectivity index (χ4n) is 3.22. The first-order chi connectivity index (χ1) is 17.2. The fourth-order valence-corrected chi connectivity index (χ4v) is 4.84. The van der Waals surface area contributed by atoms with Crippen molar-refractivity contribution >= 4 is 69.1 Å². The smallest absolute Gasteiger partial charge is 0.343 e. The molecule has 2 aromatic rings. The van der Waals surface area contributed by atoms with Gasteiger partial charge in [0.1, 0.15) is 6.54 Å². The van der Waals surface area contributed by atoms with Gasteiger partial charge in [-0.25, -0.2) is 4.79 Å². The highest BCUT2D eigenvalue weighted by Gasteiger charge is 2.36. The molecule has 0 bridgehead atoms. The van der Waals surface area contributed by atoms with E-state index >= 15 is 0 Å². The fraction of sp³-hybridized carbons (Fsp3) is 0.280. The van der Waals surface area contributed by atoms with E-state index in [0.717, 1.165) is 28.6 Å². The Bertz CT molecular complexity index is 1200. The number of ether oxygens (including phenoxy) is 3. The zero-order valence-corrected chi connectivity index (χ0v) is 22.9. The van der Waals surface area contributed by atoms with Crippen LogP contribution < -0.4 is 14.8 Å². The molecule has 1 heterocycles. The molecule has 190 valence electrons. The summed E-state index contributed by atoms with van der Waals surface area (Å²) in [5.41, 5.74) is 2.32. The van der Waals surface area contributed by atoms with Crippen molar-refractivity contribution in [2.45, 2.75) is 20.3 Å². The topological polar surface area (TPSA) is 111 Å². The summed E-state index contributed by atoms with van der Waals surface area (Å²) in [5, 5.41) is 2.18. The predicted molar refractivity (Wildman–Crippen MR) is 145 cm³/mol.